The summed E-state index contributed by atoms with van der Waals surface area (Å²) in [7, 11) is 0. The maximum atomic E-state index is 14.3. The van der Waals surface area contributed by atoms with Crippen LogP contribution in [-0.2, 0) is 39.8 Å². The number of amides is 5. The minimum Gasteiger partial charge on any atom is -0.488 e. The Morgan fingerprint density at radius 2 is 1.27 bits per heavy atom. The Bertz CT molecular complexity index is 1610. The summed E-state index contributed by atoms with van der Waals surface area (Å²) in [5.41, 5.74) is -2.95. The third-order valence-corrected chi connectivity index (χ3v) is 8.22. The van der Waals surface area contributed by atoms with Crippen molar-refractivity contribution in [3.63, 3.8) is 0 Å². The van der Waals surface area contributed by atoms with Crippen molar-refractivity contribution in [3.05, 3.63) is 29.8 Å². The van der Waals surface area contributed by atoms with Crippen molar-refractivity contribution in [2.45, 2.75) is 170 Å². The second-order valence-electron chi connectivity index (χ2n) is 20.1. The molecule has 0 saturated carbocycles. The van der Waals surface area contributed by atoms with E-state index in [-0.39, 0.29) is 39.0 Å². The fraction of sp³-hybridized carbons (Fsp3) is 0.727. The van der Waals surface area contributed by atoms with Gasteiger partial charge in [-0.25, -0.2) is 19.2 Å². The van der Waals surface area contributed by atoms with Gasteiger partial charge in [0.2, 0.25) is 5.91 Å². The topological polar surface area (TPSA) is 191 Å². The van der Waals surface area contributed by atoms with Crippen molar-refractivity contribution in [3.8, 4) is 5.75 Å². The molecule has 1 aliphatic heterocycles. The molecule has 0 radical (unpaired) electrons. The lowest BCUT2D eigenvalue weighted by Gasteiger charge is -2.32. The first-order chi connectivity index (χ1) is 27.3. The van der Waals surface area contributed by atoms with Gasteiger partial charge in [0.1, 0.15) is 45.8 Å². The number of carbonyl (C=O) groups is 6. The number of likely N-dealkylation sites (tertiary alicyclic amines) is 1. The standard InChI is InChI=1S/C44H73N5O11/c1-40(2,3)56-31-21-19-29(20-22-31)26-32(36(52)58-42(7,8)9)47-37(53)48(24-17-23-45-38(54)59-43(10,11)12)28-30(35(51)57-41(4,5)6)27-46-34(50)33-18-16-25-49(33)39(55)60-44(13,14)15/h19-22,30,32-33H,16-18,23-28H2,1-15H3,(H,45,54)(H,46,50)(H,47,53)/t30-,32+,33+/m1/s1. The van der Waals surface area contributed by atoms with Gasteiger partial charge in [0, 0.05) is 39.1 Å². The van der Waals surface area contributed by atoms with Crippen LogP contribution in [0.4, 0.5) is 14.4 Å². The van der Waals surface area contributed by atoms with E-state index in [9.17, 15) is 28.8 Å². The molecular formula is C44H73N5O11. The lowest BCUT2D eigenvalue weighted by molar-refractivity contribution is -0.161. The Morgan fingerprint density at radius 3 is 1.80 bits per heavy atom. The van der Waals surface area contributed by atoms with Gasteiger partial charge in [-0.15, -0.1) is 0 Å². The molecule has 2 rings (SSSR count). The highest BCUT2D eigenvalue weighted by atomic mass is 16.6. The zero-order valence-electron chi connectivity index (χ0n) is 38.8. The van der Waals surface area contributed by atoms with Crippen LogP contribution in [0.2, 0.25) is 0 Å². The zero-order valence-corrected chi connectivity index (χ0v) is 38.8. The molecule has 0 unspecified atom stereocenters. The summed E-state index contributed by atoms with van der Waals surface area (Å²) in [4.78, 5) is 83.5. The van der Waals surface area contributed by atoms with Crippen molar-refractivity contribution in [1.29, 1.82) is 0 Å². The van der Waals surface area contributed by atoms with E-state index in [1.54, 1.807) is 107 Å². The second-order valence-corrected chi connectivity index (χ2v) is 20.1. The summed E-state index contributed by atoms with van der Waals surface area (Å²) in [6, 6.07) is 4.53. The van der Waals surface area contributed by atoms with Gasteiger partial charge in [-0.1, -0.05) is 12.1 Å². The average molecular weight is 848 g/mol. The highest BCUT2D eigenvalue weighted by Gasteiger charge is 2.38. The first-order valence-corrected chi connectivity index (χ1v) is 20.8. The molecule has 3 atom stereocenters. The van der Waals surface area contributed by atoms with Gasteiger partial charge in [0.25, 0.3) is 0 Å². The van der Waals surface area contributed by atoms with Crippen LogP contribution < -0.4 is 20.7 Å². The van der Waals surface area contributed by atoms with Gasteiger partial charge < -0.3 is 44.5 Å². The molecule has 1 aliphatic rings. The van der Waals surface area contributed by atoms with E-state index in [0.29, 0.717) is 25.1 Å². The first-order valence-electron chi connectivity index (χ1n) is 20.8. The molecule has 1 heterocycles. The Labute approximate surface area is 357 Å². The largest absolute Gasteiger partial charge is 0.488 e. The van der Waals surface area contributed by atoms with Crippen molar-refractivity contribution in [2.24, 2.45) is 5.92 Å². The fourth-order valence-corrected chi connectivity index (χ4v) is 5.93. The second kappa shape index (κ2) is 21.2. The third kappa shape index (κ3) is 20.5. The number of carbonyl (C=O) groups excluding carboxylic acids is 6. The number of esters is 2. The highest BCUT2D eigenvalue weighted by molar-refractivity contribution is 5.87. The number of ether oxygens (including phenoxy) is 5. The van der Waals surface area contributed by atoms with Crippen LogP contribution in [-0.4, -0.2) is 119 Å². The average Bonchev–Trinajstić information content (AvgIpc) is 3.55. The summed E-state index contributed by atoms with van der Waals surface area (Å²) in [6.45, 7) is 26.6. The van der Waals surface area contributed by atoms with Crippen LogP contribution >= 0.6 is 0 Å². The minimum absolute atomic E-state index is 0.0177. The van der Waals surface area contributed by atoms with Crippen LogP contribution in [0, 0.1) is 5.92 Å². The Hall–Kier alpha value is -4.76. The van der Waals surface area contributed by atoms with Crippen molar-refractivity contribution >= 4 is 36.1 Å². The van der Waals surface area contributed by atoms with Crippen molar-refractivity contribution in [1.82, 2.24) is 25.8 Å². The number of alkyl carbamates (subject to hydrolysis) is 1. The molecule has 1 aromatic rings. The van der Waals surface area contributed by atoms with E-state index in [0.717, 1.165) is 5.56 Å². The maximum absolute atomic E-state index is 14.3. The zero-order chi connectivity index (χ0) is 45.9. The summed E-state index contributed by atoms with van der Waals surface area (Å²) < 4.78 is 28.3. The SMILES string of the molecule is CC(C)(C)OC(=O)NCCCN(C[C@@H](CNC(=O)[C@@H]1CCCN1C(=O)OC(C)(C)C)C(=O)OC(C)(C)C)C(=O)N[C@@H](Cc1ccc(OC(C)(C)C)cc1)C(=O)OC(C)(C)C. The van der Waals surface area contributed by atoms with Crippen LogP contribution in [0.15, 0.2) is 24.3 Å². The molecule has 1 saturated heterocycles. The summed E-state index contributed by atoms with van der Waals surface area (Å²) in [6.07, 6.45) is 0.0562. The number of hydrogen-bond acceptors (Lipinski definition) is 11. The predicted octanol–water partition coefficient (Wildman–Crippen LogP) is 6.52. The number of nitrogens with zero attached hydrogens (tertiary/aromatic N) is 2. The third-order valence-electron chi connectivity index (χ3n) is 8.22. The minimum atomic E-state index is -1.14. The number of benzene rings is 1. The van der Waals surface area contributed by atoms with Gasteiger partial charge in [-0.05, 0) is 141 Å². The molecule has 0 aromatic heterocycles. The molecule has 0 bridgehead atoms. The van der Waals surface area contributed by atoms with Crippen LogP contribution in [0.3, 0.4) is 0 Å². The van der Waals surface area contributed by atoms with Crippen LogP contribution in [0.5, 0.6) is 5.75 Å². The lowest BCUT2D eigenvalue weighted by Crippen LogP contribution is -2.54. The predicted molar refractivity (Wildman–Crippen MR) is 227 cm³/mol. The normalized spacial score (nSPS) is 15.8. The van der Waals surface area contributed by atoms with E-state index in [1.165, 1.54) is 9.80 Å². The van der Waals surface area contributed by atoms with E-state index in [2.05, 4.69) is 16.0 Å². The molecular weight excluding hydrogens is 775 g/mol. The molecule has 340 valence electrons. The molecule has 1 fully saturated rings. The molecule has 16 heteroatoms. The molecule has 60 heavy (non-hydrogen) atoms. The highest BCUT2D eigenvalue weighted by Crippen LogP contribution is 2.23. The molecule has 16 nitrogen and oxygen atoms in total. The van der Waals surface area contributed by atoms with E-state index < -0.39 is 82.1 Å². The first kappa shape index (κ1) is 51.4. The van der Waals surface area contributed by atoms with Crippen LogP contribution in [0.25, 0.3) is 0 Å². The van der Waals surface area contributed by atoms with E-state index in [4.69, 9.17) is 23.7 Å². The molecule has 1 aromatic carbocycles. The van der Waals surface area contributed by atoms with Gasteiger partial charge in [-0.3, -0.25) is 14.5 Å². The number of nitrogens with one attached hydrogen (secondary N) is 3. The quantitative estimate of drug-likeness (QED) is 0.0990. The molecule has 0 spiro atoms. The Morgan fingerprint density at radius 1 is 0.717 bits per heavy atom. The molecule has 3 N–H and O–H groups in total. The number of rotatable bonds is 15. The monoisotopic (exact) mass is 848 g/mol. The number of hydrogen-bond donors (Lipinski definition) is 3. The van der Waals surface area contributed by atoms with E-state index >= 15 is 0 Å². The van der Waals surface area contributed by atoms with E-state index in [1.807, 2.05) is 20.8 Å². The lowest BCUT2D eigenvalue weighted by atomic mass is 10.0. The summed E-state index contributed by atoms with van der Waals surface area (Å²) in [5, 5.41) is 8.33. The Balaban J connectivity index is 2.44. The summed E-state index contributed by atoms with van der Waals surface area (Å²) in [5.74, 6) is -2.26. The van der Waals surface area contributed by atoms with Gasteiger partial charge >= 0.3 is 30.2 Å². The number of urea groups is 1. The van der Waals surface area contributed by atoms with Gasteiger partial charge in [0.15, 0.2) is 0 Å². The smallest absolute Gasteiger partial charge is 0.410 e. The van der Waals surface area contributed by atoms with Crippen LogP contribution in [0.1, 0.15) is 129 Å². The Kier molecular flexibility index (Phi) is 18.1. The van der Waals surface area contributed by atoms with Gasteiger partial charge in [0.05, 0.1) is 5.92 Å². The fourth-order valence-electron chi connectivity index (χ4n) is 5.93. The maximum Gasteiger partial charge on any atom is 0.410 e. The van der Waals surface area contributed by atoms with Gasteiger partial charge in [-0.2, -0.15) is 0 Å². The summed E-state index contributed by atoms with van der Waals surface area (Å²) >= 11 is 0. The molecule has 5 amide bonds. The molecule has 0 aliphatic carbocycles. The van der Waals surface area contributed by atoms with Crippen molar-refractivity contribution < 1.29 is 52.5 Å². The van der Waals surface area contributed by atoms with Crippen molar-refractivity contribution in [2.75, 3.05) is 32.7 Å².